The average molecular weight is 357 g/mol. The molecule has 26 heavy (non-hydrogen) atoms. The number of benzene rings is 1. The first-order valence-corrected chi connectivity index (χ1v) is 9.24. The van der Waals surface area contributed by atoms with Gasteiger partial charge >= 0.3 is 0 Å². The van der Waals surface area contributed by atoms with Crippen molar-refractivity contribution >= 4 is 23.4 Å². The average Bonchev–Trinajstić information content (AvgIpc) is 2.79. The van der Waals surface area contributed by atoms with Crippen LogP contribution in [-0.2, 0) is 14.3 Å². The molecule has 2 fully saturated rings. The molecule has 0 N–H and O–H groups in total. The van der Waals surface area contributed by atoms with Gasteiger partial charge in [0.05, 0.1) is 24.5 Å². The Morgan fingerprint density at radius 3 is 2.65 bits per heavy atom. The van der Waals surface area contributed by atoms with Gasteiger partial charge in [0.25, 0.3) is 5.91 Å². The van der Waals surface area contributed by atoms with E-state index in [1.807, 2.05) is 0 Å². The lowest BCUT2D eigenvalue weighted by atomic mass is 10.0. The lowest BCUT2D eigenvalue weighted by molar-refractivity contribution is -0.135. The fraction of sp³-hybridized carbons (Fsp3) is 0.526. The minimum atomic E-state index is -0.471. The van der Waals surface area contributed by atoms with Crippen molar-refractivity contribution in [2.75, 3.05) is 44.3 Å². The Hall–Kier alpha value is -2.41. The van der Waals surface area contributed by atoms with E-state index in [4.69, 9.17) is 4.74 Å². The number of anilines is 1. The Labute approximate surface area is 152 Å². The lowest BCUT2D eigenvalue weighted by Crippen LogP contribution is -2.53. The van der Waals surface area contributed by atoms with Gasteiger partial charge in [0, 0.05) is 19.6 Å². The Morgan fingerprint density at radius 2 is 1.85 bits per heavy atom. The first-order chi connectivity index (χ1) is 12.7. The normalized spacial score (nSPS) is 23.4. The van der Waals surface area contributed by atoms with Gasteiger partial charge in [-0.25, -0.2) is 0 Å². The molecule has 0 spiro atoms. The summed E-state index contributed by atoms with van der Waals surface area (Å²) in [6.45, 7) is 2.67. The van der Waals surface area contributed by atoms with Crippen molar-refractivity contribution < 1.29 is 19.1 Å². The zero-order chi connectivity index (χ0) is 18.1. The van der Waals surface area contributed by atoms with Crippen LogP contribution in [0.15, 0.2) is 24.3 Å². The van der Waals surface area contributed by atoms with E-state index < -0.39 is 6.04 Å². The molecule has 0 unspecified atom stereocenters. The van der Waals surface area contributed by atoms with Crippen LogP contribution < -0.4 is 4.90 Å². The number of hydrogen-bond donors (Lipinski definition) is 0. The van der Waals surface area contributed by atoms with Crippen molar-refractivity contribution in [2.24, 2.45) is 0 Å². The number of morpholine rings is 1. The molecule has 0 aliphatic carbocycles. The summed E-state index contributed by atoms with van der Waals surface area (Å²) in [5, 5.41) is 0. The van der Waals surface area contributed by atoms with Gasteiger partial charge in [-0.05, 0) is 31.4 Å². The predicted molar refractivity (Wildman–Crippen MR) is 94.9 cm³/mol. The molecule has 3 aliphatic rings. The third kappa shape index (κ3) is 2.96. The van der Waals surface area contributed by atoms with Crippen LogP contribution >= 0.6 is 0 Å². The molecule has 3 heterocycles. The maximum atomic E-state index is 13.2. The number of carbonyl (C=O) groups excluding carboxylic acids is 3. The molecule has 0 saturated carbocycles. The van der Waals surface area contributed by atoms with Crippen molar-refractivity contribution in [2.45, 2.75) is 25.3 Å². The van der Waals surface area contributed by atoms with Gasteiger partial charge in [-0.15, -0.1) is 0 Å². The number of carbonyl (C=O) groups is 3. The number of fused-ring (bicyclic) bond motifs is 2. The molecule has 0 bridgehead atoms. The molecule has 7 heteroatoms. The predicted octanol–water partition coefficient (Wildman–Crippen LogP) is 0.887. The summed E-state index contributed by atoms with van der Waals surface area (Å²) >= 11 is 0. The standard InChI is InChI=1S/C19H23N3O4/c23-17(20-9-11-26-12-10-20)13-22-15-6-2-1-5-14(15)18(24)21-8-4-3-7-16(21)19(22)25/h1-2,5-6,16H,3-4,7-13H2/t16-/m1/s1. The third-order valence-corrected chi connectivity index (χ3v) is 5.40. The Bertz CT molecular complexity index is 729. The number of hydrogen-bond acceptors (Lipinski definition) is 4. The number of amides is 3. The van der Waals surface area contributed by atoms with Crippen LogP contribution in [0.5, 0.6) is 0 Å². The highest BCUT2D eigenvalue weighted by Crippen LogP contribution is 2.31. The van der Waals surface area contributed by atoms with Crippen LogP contribution in [0.4, 0.5) is 5.69 Å². The van der Waals surface area contributed by atoms with Crippen molar-refractivity contribution in [1.82, 2.24) is 9.80 Å². The molecule has 4 rings (SSSR count). The largest absolute Gasteiger partial charge is 0.378 e. The highest BCUT2D eigenvalue weighted by Gasteiger charge is 2.41. The maximum Gasteiger partial charge on any atom is 0.256 e. The first kappa shape index (κ1) is 17.0. The van der Waals surface area contributed by atoms with Crippen molar-refractivity contribution in [1.29, 1.82) is 0 Å². The van der Waals surface area contributed by atoms with E-state index >= 15 is 0 Å². The summed E-state index contributed by atoms with van der Waals surface area (Å²) < 4.78 is 5.30. The van der Waals surface area contributed by atoms with Gasteiger partial charge in [-0.2, -0.15) is 0 Å². The van der Waals surface area contributed by atoms with E-state index in [1.165, 1.54) is 4.90 Å². The van der Waals surface area contributed by atoms with Crippen molar-refractivity contribution in [3.63, 3.8) is 0 Å². The van der Waals surface area contributed by atoms with E-state index in [2.05, 4.69) is 0 Å². The van der Waals surface area contributed by atoms with Gasteiger partial charge < -0.3 is 19.4 Å². The van der Waals surface area contributed by atoms with Gasteiger partial charge in [0.2, 0.25) is 11.8 Å². The Morgan fingerprint density at radius 1 is 1.08 bits per heavy atom. The second-order valence-electron chi connectivity index (χ2n) is 6.94. The Kier molecular flexibility index (Phi) is 4.63. The molecular formula is C19H23N3O4. The minimum Gasteiger partial charge on any atom is -0.378 e. The topological polar surface area (TPSA) is 70.2 Å². The van der Waals surface area contributed by atoms with Gasteiger partial charge in [0.1, 0.15) is 12.6 Å². The second-order valence-corrected chi connectivity index (χ2v) is 6.94. The number of nitrogens with zero attached hydrogens (tertiary/aromatic N) is 3. The summed E-state index contributed by atoms with van der Waals surface area (Å²) in [5.41, 5.74) is 1.04. The summed E-state index contributed by atoms with van der Waals surface area (Å²) in [7, 11) is 0. The van der Waals surface area contributed by atoms with Crippen LogP contribution in [0.1, 0.15) is 29.6 Å². The van der Waals surface area contributed by atoms with E-state index in [0.717, 1.165) is 12.8 Å². The van der Waals surface area contributed by atoms with Crippen LogP contribution in [0.25, 0.3) is 0 Å². The zero-order valence-corrected chi connectivity index (χ0v) is 14.7. The summed E-state index contributed by atoms with van der Waals surface area (Å²) in [6.07, 6.45) is 2.48. The van der Waals surface area contributed by atoms with Crippen LogP contribution in [0.2, 0.25) is 0 Å². The first-order valence-electron chi connectivity index (χ1n) is 9.24. The van der Waals surface area contributed by atoms with Crippen molar-refractivity contribution in [3.05, 3.63) is 29.8 Å². The zero-order valence-electron chi connectivity index (χ0n) is 14.7. The second kappa shape index (κ2) is 7.07. The SMILES string of the molecule is O=C(CN1C(=O)[C@H]2CCCCN2C(=O)c2ccccc21)N1CCOCC1. The van der Waals surface area contributed by atoms with Gasteiger partial charge in [0.15, 0.2) is 0 Å². The molecule has 1 atom stereocenters. The smallest absolute Gasteiger partial charge is 0.256 e. The molecule has 7 nitrogen and oxygen atoms in total. The Balaban J connectivity index is 1.67. The van der Waals surface area contributed by atoms with Crippen LogP contribution in [-0.4, -0.2) is 73.0 Å². The monoisotopic (exact) mass is 357 g/mol. The molecule has 1 aromatic rings. The number of rotatable bonds is 2. The molecule has 1 aromatic carbocycles. The van der Waals surface area contributed by atoms with Crippen molar-refractivity contribution in [3.8, 4) is 0 Å². The summed E-state index contributed by atoms with van der Waals surface area (Å²) in [5.74, 6) is -0.363. The molecule has 3 amide bonds. The molecule has 0 radical (unpaired) electrons. The number of piperidine rings is 1. The number of para-hydroxylation sites is 1. The van der Waals surface area contributed by atoms with E-state index in [1.54, 1.807) is 34.1 Å². The quantitative estimate of drug-likeness (QED) is 0.788. The van der Waals surface area contributed by atoms with E-state index in [0.29, 0.717) is 50.5 Å². The fourth-order valence-electron chi connectivity index (χ4n) is 3.99. The van der Waals surface area contributed by atoms with Gasteiger partial charge in [-0.3, -0.25) is 14.4 Å². The molecule has 3 aliphatic heterocycles. The van der Waals surface area contributed by atoms with E-state index in [9.17, 15) is 14.4 Å². The summed E-state index contributed by atoms with van der Waals surface area (Å²) in [4.78, 5) is 43.9. The fourth-order valence-corrected chi connectivity index (χ4v) is 3.99. The maximum absolute atomic E-state index is 13.2. The molecule has 0 aromatic heterocycles. The minimum absolute atomic E-state index is 0.0343. The summed E-state index contributed by atoms with van der Waals surface area (Å²) in [6, 6.07) is 6.63. The van der Waals surface area contributed by atoms with Gasteiger partial charge in [-0.1, -0.05) is 12.1 Å². The highest BCUT2D eigenvalue weighted by atomic mass is 16.5. The van der Waals surface area contributed by atoms with Crippen LogP contribution in [0, 0.1) is 0 Å². The third-order valence-electron chi connectivity index (χ3n) is 5.40. The highest BCUT2D eigenvalue weighted by molar-refractivity contribution is 6.12. The molecule has 2 saturated heterocycles. The van der Waals surface area contributed by atoms with Crippen LogP contribution in [0.3, 0.4) is 0 Å². The van der Waals surface area contributed by atoms with E-state index in [-0.39, 0.29) is 24.3 Å². The molecular weight excluding hydrogens is 334 g/mol. The lowest BCUT2D eigenvalue weighted by Gasteiger charge is -2.35. The molecule has 138 valence electrons. The number of ether oxygens (including phenoxy) is 1.